The summed E-state index contributed by atoms with van der Waals surface area (Å²) in [6.07, 6.45) is 1.65. The molecule has 0 aliphatic rings. The second-order valence-electron chi connectivity index (χ2n) is 3.81. The second kappa shape index (κ2) is 15.1. The van der Waals surface area contributed by atoms with E-state index in [1.807, 2.05) is 0 Å². The molecule has 0 saturated heterocycles. The number of aromatic nitrogens is 2. The summed E-state index contributed by atoms with van der Waals surface area (Å²) in [5.41, 5.74) is 1.29. The first-order chi connectivity index (χ1) is 11.2. The summed E-state index contributed by atoms with van der Waals surface area (Å²) < 4.78 is 4.07. The molecule has 24 heavy (non-hydrogen) atoms. The molecule has 2 aromatic heterocycles. The number of nitrogens with zero attached hydrogens (tertiary/aromatic N) is 4. The predicted octanol–water partition coefficient (Wildman–Crippen LogP) is 4.43. The summed E-state index contributed by atoms with van der Waals surface area (Å²) in [6.45, 7) is 4.93. The molecule has 0 aromatic carbocycles. The van der Waals surface area contributed by atoms with Crippen molar-refractivity contribution in [1.29, 1.82) is 5.26 Å². The Morgan fingerprint density at radius 1 is 1.29 bits per heavy atom. The molecule has 0 fully saturated rings. The van der Waals surface area contributed by atoms with E-state index in [0.29, 0.717) is 15.9 Å². The van der Waals surface area contributed by atoms with Gasteiger partial charge < -0.3 is 10.2 Å². The second-order valence-corrected chi connectivity index (χ2v) is 5.71. The molecule has 2 N–H and O–H groups in total. The van der Waals surface area contributed by atoms with Crippen molar-refractivity contribution in [3.63, 3.8) is 0 Å². The maximum absolute atomic E-state index is 9.20. The van der Waals surface area contributed by atoms with Crippen LogP contribution in [0.1, 0.15) is 18.3 Å². The Bertz CT molecular complexity index is 640. The first kappa shape index (κ1) is 24.8. The van der Waals surface area contributed by atoms with E-state index in [2.05, 4.69) is 66.6 Å². The van der Waals surface area contributed by atoms with Gasteiger partial charge in [0.05, 0.1) is 21.9 Å². The van der Waals surface area contributed by atoms with Crippen LogP contribution in [0.5, 0.6) is 11.5 Å². The fourth-order valence-electron chi connectivity index (χ4n) is 1.07. The number of hydrogen-bond donors (Lipinski definition) is 3. The molecule has 0 aliphatic heterocycles. The van der Waals surface area contributed by atoms with Crippen molar-refractivity contribution in [3.8, 4) is 17.6 Å². The number of pyridine rings is 2. The average molecular weight is 475 g/mol. The van der Waals surface area contributed by atoms with E-state index in [9.17, 15) is 5.11 Å². The predicted molar refractivity (Wildman–Crippen MR) is 105 cm³/mol. The van der Waals surface area contributed by atoms with Gasteiger partial charge in [-0.15, -0.1) is 0 Å². The zero-order valence-corrected chi connectivity index (χ0v) is 17.3. The van der Waals surface area contributed by atoms with Crippen molar-refractivity contribution in [1.82, 2.24) is 9.97 Å². The molecule has 127 valence electrons. The Morgan fingerprint density at radius 3 is 2.12 bits per heavy atom. The van der Waals surface area contributed by atoms with Gasteiger partial charge in [0.1, 0.15) is 10.4 Å². The van der Waals surface area contributed by atoms with Gasteiger partial charge in [0.15, 0.2) is 5.75 Å². The third-order valence-electron chi connectivity index (χ3n) is 2.07. The standard InChI is InChI=1S/C6H5Br2NO.C6H7NO.C2H3N.BHNS/c1-3-6(10)4(7)2-5(8)9-3;1-5-6(8)3-2-4-7-5;2*1-2-3/h2,10H,1H3;2-4,8H,1H3;1H3;3H. The van der Waals surface area contributed by atoms with Crippen LogP contribution in [0.15, 0.2) is 37.8 Å². The topological polar surface area (TPSA) is 102 Å². The fourth-order valence-corrected chi connectivity index (χ4v) is 2.37. The molecule has 0 unspecified atom stereocenters. The minimum atomic E-state index is 0.197. The SMILES string of the molecule is CC#N.Cc1nc(Br)cc(Br)c1O.Cc1ncccc1O.[B]=NS. The van der Waals surface area contributed by atoms with Crippen LogP contribution in [-0.2, 0) is 0 Å². The van der Waals surface area contributed by atoms with Crippen LogP contribution in [-0.4, -0.2) is 27.8 Å². The van der Waals surface area contributed by atoms with E-state index in [1.54, 1.807) is 44.3 Å². The Hall–Kier alpha value is -1.44. The van der Waals surface area contributed by atoms with Crippen molar-refractivity contribution in [2.75, 3.05) is 0 Å². The summed E-state index contributed by atoms with van der Waals surface area (Å²) in [5.74, 6) is 0.454. The molecule has 10 heteroatoms. The summed E-state index contributed by atoms with van der Waals surface area (Å²) >= 11 is 9.56. The Morgan fingerprint density at radius 2 is 1.79 bits per heavy atom. The van der Waals surface area contributed by atoms with E-state index in [-0.39, 0.29) is 11.5 Å². The van der Waals surface area contributed by atoms with Crippen LogP contribution in [0, 0.1) is 25.2 Å². The van der Waals surface area contributed by atoms with Gasteiger partial charge in [0.2, 0.25) is 0 Å². The van der Waals surface area contributed by atoms with Crippen LogP contribution in [0.25, 0.3) is 0 Å². The normalized spacial score (nSPS) is 8.00. The molecular formula is C14H16BBr2N4O2S. The van der Waals surface area contributed by atoms with Crippen LogP contribution in [0.3, 0.4) is 0 Å². The third-order valence-corrected chi connectivity index (χ3v) is 3.08. The van der Waals surface area contributed by atoms with E-state index in [1.165, 1.54) is 6.92 Å². The van der Waals surface area contributed by atoms with Gasteiger partial charge in [-0.3, -0.25) is 4.98 Å². The third kappa shape index (κ3) is 12.0. The number of thiol groups is 1. The van der Waals surface area contributed by atoms with Crippen LogP contribution < -0.4 is 0 Å². The fraction of sp³-hybridized carbons (Fsp3) is 0.214. The molecule has 0 saturated carbocycles. The number of nitriles is 1. The van der Waals surface area contributed by atoms with E-state index >= 15 is 0 Å². The summed E-state index contributed by atoms with van der Waals surface area (Å²) in [5, 5.41) is 25.4. The average Bonchev–Trinajstić information content (AvgIpc) is 2.50. The quantitative estimate of drug-likeness (QED) is 0.298. The van der Waals surface area contributed by atoms with Crippen LogP contribution >= 0.6 is 44.7 Å². The molecule has 1 radical (unpaired) electrons. The Balaban J connectivity index is 0. The first-order valence-corrected chi connectivity index (χ1v) is 8.20. The van der Waals surface area contributed by atoms with E-state index < -0.39 is 0 Å². The van der Waals surface area contributed by atoms with Gasteiger partial charge in [-0.05, 0) is 63.9 Å². The molecule has 0 atom stereocenters. The summed E-state index contributed by atoms with van der Waals surface area (Å²) in [4.78, 5) is 7.80. The molecule has 0 amide bonds. The van der Waals surface area contributed by atoms with E-state index in [0.717, 1.165) is 4.60 Å². The Labute approximate surface area is 164 Å². The molecule has 0 aliphatic carbocycles. The number of halogens is 2. The molecule has 0 bridgehead atoms. The summed E-state index contributed by atoms with van der Waals surface area (Å²) in [6, 6.07) is 6.76. The zero-order valence-electron chi connectivity index (χ0n) is 13.3. The number of aromatic hydroxyl groups is 2. The molecule has 2 rings (SSSR count). The van der Waals surface area contributed by atoms with E-state index in [4.69, 9.17) is 10.4 Å². The zero-order chi connectivity index (χ0) is 19.1. The van der Waals surface area contributed by atoms with Crippen molar-refractivity contribution < 1.29 is 10.2 Å². The van der Waals surface area contributed by atoms with Gasteiger partial charge in [0, 0.05) is 13.1 Å². The summed E-state index contributed by atoms with van der Waals surface area (Å²) in [7, 11) is 4.34. The number of hydrogen-bond acceptors (Lipinski definition) is 7. The van der Waals surface area contributed by atoms with Gasteiger partial charge in [0.25, 0.3) is 0 Å². The molecular weight excluding hydrogens is 459 g/mol. The minimum absolute atomic E-state index is 0.197. The molecule has 2 heterocycles. The van der Waals surface area contributed by atoms with Crippen molar-refractivity contribution >= 4 is 52.3 Å². The van der Waals surface area contributed by atoms with Gasteiger partial charge in [-0.25, -0.2) is 4.98 Å². The molecule has 2 aromatic rings. The van der Waals surface area contributed by atoms with Crippen LogP contribution in [0.4, 0.5) is 0 Å². The maximum atomic E-state index is 9.20. The number of aryl methyl sites for hydroxylation is 2. The van der Waals surface area contributed by atoms with Crippen LogP contribution in [0.2, 0.25) is 0 Å². The van der Waals surface area contributed by atoms with Crippen molar-refractivity contribution in [2.24, 2.45) is 4.30 Å². The molecule has 0 spiro atoms. The van der Waals surface area contributed by atoms with Gasteiger partial charge in [-0.2, -0.15) is 5.26 Å². The monoisotopic (exact) mass is 473 g/mol. The van der Waals surface area contributed by atoms with Gasteiger partial charge >= 0.3 is 24.8 Å². The van der Waals surface area contributed by atoms with Gasteiger partial charge in [-0.1, -0.05) is 0 Å². The van der Waals surface area contributed by atoms with Crippen molar-refractivity contribution in [2.45, 2.75) is 20.8 Å². The molecule has 6 nitrogen and oxygen atoms in total. The Kier molecular flexibility index (Phi) is 15.6. The number of rotatable bonds is 0. The first-order valence-electron chi connectivity index (χ1n) is 6.22. The van der Waals surface area contributed by atoms with Crippen molar-refractivity contribution in [3.05, 3.63) is 44.9 Å².